The number of carbonyl (C=O) groups is 1. The molecule has 0 aliphatic carbocycles. The van der Waals surface area contributed by atoms with Crippen molar-refractivity contribution in [2.24, 2.45) is 0 Å². The molecule has 21 heavy (non-hydrogen) atoms. The Kier molecular flexibility index (Phi) is 4.89. The van der Waals surface area contributed by atoms with Gasteiger partial charge in [0.15, 0.2) is 0 Å². The van der Waals surface area contributed by atoms with Gasteiger partial charge in [0, 0.05) is 6.54 Å². The normalized spacial score (nSPS) is 10.4. The van der Waals surface area contributed by atoms with Gasteiger partial charge in [-0.05, 0) is 12.5 Å². The number of hydrogen-bond acceptors (Lipinski definition) is 5. The molecule has 2 rings (SSSR count). The number of aromatic nitrogens is 3. The Bertz CT molecular complexity index is 607. The lowest BCUT2D eigenvalue weighted by Gasteiger charge is -2.07. The van der Waals surface area contributed by atoms with Crippen molar-refractivity contribution >= 4 is 5.91 Å². The lowest BCUT2D eigenvalue weighted by Crippen LogP contribution is -2.27. The van der Waals surface area contributed by atoms with Crippen molar-refractivity contribution in [2.45, 2.75) is 13.5 Å². The number of aryl methyl sites for hydroxylation is 1. The minimum absolute atomic E-state index is 0.109. The molecular weight excluding hydrogens is 272 g/mol. The highest BCUT2D eigenvalue weighted by atomic mass is 16.5. The predicted molar refractivity (Wildman–Crippen MR) is 76.3 cm³/mol. The van der Waals surface area contributed by atoms with Crippen LogP contribution in [0.4, 0.5) is 0 Å². The van der Waals surface area contributed by atoms with Crippen molar-refractivity contribution in [3.8, 4) is 5.88 Å². The van der Waals surface area contributed by atoms with Crippen molar-refractivity contribution < 1.29 is 14.6 Å². The van der Waals surface area contributed by atoms with Crippen molar-refractivity contribution in [3.63, 3.8) is 0 Å². The minimum Gasteiger partial charge on any atom is -0.479 e. The third kappa shape index (κ3) is 3.57. The first-order valence-corrected chi connectivity index (χ1v) is 6.57. The summed E-state index contributed by atoms with van der Waals surface area (Å²) in [4.78, 5) is 11.9. The Morgan fingerprint density at radius 3 is 2.71 bits per heavy atom. The largest absolute Gasteiger partial charge is 0.479 e. The summed E-state index contributed by atoms with van der Waals surface area (Å²) in [6.07, 6.45) is 0. The van der Waals surface area contributed by atoms with Gasteiger partial charge < -0.3 is 15.2 Å². The van der Waals surface area contributed by atoms with E-state index in [1.165, 1.54) is 17.4 Å². The van der Waals surface area contributed by atoms with Crippen LogP contribution < -0.4 is 10.1 Å². The van der Waals surface area contributed by atoms with E-state index in [0.717, 1.165) is 5.56 Å². The lowest BCUT2D eigenvalue weighted by atomic mass is 10.1. The summed E-state index contributed by atoms with van der Waals surface area (Å²) in [6, 6.07) is 7.99. The van der Waals surface area contributed by atoms with Crippen LogP contribution in [-0.4, -0.2) is 46.3 Å². The van der Waals surface area contributed by atoms with Gasteiger partial charge in [-0.15, -0.1) is 5.10 Å². The fourth-order valence-electron chi connectivity index (χ4n) is 1.87. The fraction of sp³-hybridized carbons (Fsp3) is 0.357. The molecule has 0 spiro atoms. The van der Waals surface area contributed by atoms with E-state index in [9.17, 15) is 4.79 Å². The number of rotatable bonds is 6. The summed E-state index contributed by atoms with van der Waals surface area (Å²) in [6.45, 7) is 2.51. The zero-order chi connectivity index (χ0) is 15.2. The average molecular weight is 290 g/mol. The van der Waals surface area contributed by atoms with E-state index in [1.54, 1.807) is 0 Å². The van der Waals surface area contributed by atoms with E-state index in [1.807, 2.05) is 31.2 Å². The van der Waals surface area contributed by atoms with Gasteiger partial charge in [-0.1, -0.05) is 35.0 Å². The summed E-state index contributed by atoms with van der Waals surface area (Å²) in [7, 11) is 1.47. The van der Waals surface area contributed by atoms with E-state index in [0.29, 0.717) is 12.4 Å². The maximum Gasteiger partial charge on any atom is 0.277 e. The molecule has 0 saturated carbocycles. The summed E-state index contributed by atoms with van der Waals surface area (Å²) < 4.78 is 6.75. The molecule has 1 aromatic heterocycles. The second-order valence-corrected chi connectivity index (χ2v) is 4.57. The molecule has 1 heterocycles. The van der Waals surface area contributed by atoms with Gasteiger partial charge in [-0.2, -0.15) is 0 Å². The number of hydrogen-bond donors (Lipinski definition) is 2. The second kappa shape index (κ2) is 6.85. The molecule has 0 unspecified atom stereocenters. The van der Waals surface area contributed by atoms with E-state index in [2.05, 4.69) is 15.6 Å². The van der Waals surface area contributed by atoms with Crippen LogP contribution in [0.1, 0.15) is 21.6 Å². The molecule has 7 nitrogen and oxygen atoms in total. The molecule has 2 N–H and O–H groups in total. The van der Waals surface area contributed by atoms with Crippen LogP contribution in [0.3, 0.4) is 0 Å². The summed E-state index contributed by atoms with van der Waals surface area (Å²) in [5.74, 6) is -0.123. The van der Waals surface area contributed by atoms with Gasteiger partial charge in [0.1, 0.15) is 0 Å². The topological polar surface area (TPSA) is 89.3 Å². The molecule has 0 radical (unpaired) electrons. The van der Waals surface area contributed by atoms with Gasteiger partial charge in [0.2, 0.25) is 11.6 Å². The van der Waals surface area contributed by atoms with Gasteiger partial charge in [-0.3, -0.25) is 4.79 Å². The molecule has 1 amide bonds. The summed E-state index contributed by atoms with van der Waals surface area (Å²) >= 11 is 0. The summed E-state index contributed by atoms with van der Waals surface area (Å²) in [5, 5.41) is 19.0. The number of methoxy groups -OCH3 is 1. The van der Waals surface area contributed by atoms with Crippen molar-refractivity contribution in [1.29, 1.82) is 0 Å². The number of carbonyl (C=O) groups excluding carboxylic acids is 1. The number of amides is 1. The first kappa shape index (κ1) is 15.0. The Hall–Kier alpha value is -2.41. The minimum atomic E-state index is -0.420. The lowest BCUT2D eigenvalue weighted by molar-refractivity contribution is 0.0936. The third-order valence-electron chi connectivity index (χ3n) is 2.95. The number of nitrogens with one attached hydrogen (secondary N) is 1. The molecule has 7 heteroatoms. The molecule has 0 aliphatic rings. The van der Waals surface area contributed by atoms with Crippen LogP contribution >= 0.6 is 0 Å². The third-order valence-corrected chi connectivity index (χ3v) is 2.95. The molecule has 0 aliphatic heterocycles. The summed E-state index contributed by atoms with van der Waals surface area (Å²) in [5.41, 5.74) is 2.32. The predicted octanol–water partition coefficient (Wildman–Crippen LogP) is 0.366. The van der Waals surface area contributed by atoms with Crippen LogP contribution in [0.25, 0.3) is 0 Å². The van der Waals surface area contributed by atoms with Crippen molar-refractivity contribution in [2.75, 3.05) is 20.3 Å². The van der Waals surface area contributed by atoms with E-state index >= 15 is 0 Å². The van der Waals surface area contributed by atoms with Gasteiger partial charge in [0.25, 0.3) is 5.91 Å². The van der Waals surface area contributed by atoms with E-state index < -0.39 is 5.91 Å². The first-order valence-electron chi connectivity index (χ1n) is 6.57. The molecule has 1 aromatic carbocycles. The Morgan fingerprint density at radius 1 is 1.38 bits per heavy atom. The van der Waals surface area contributed by atoms with Crippen LogP contribution in [0, 0.1) is 6.92 Å². The number of aliphatic hydroxyl groups excluding tert-OH is 1. The van der Waals surface area contributed by atoms with Gasteiger partial charge in [-0.25, -0.2) is 4.68 Å². The SMILES string of the molecule is COc1c(C(=O)NCCO)nnn1Cc1ccc(C)cc1. The highest BCUT2D eigenvalue weighted by Crippen LogP contribution is 2.17. The van der Waals surface area contributed by atoms with E-state index in [-0.39, 0.29) is 18.8 Å². The molecule has 0 atom stereocenters. The Morgan fingerprint density at radius 2 is 2.10 bits per heavy atom. The zero-order valence-electron chi connectivity index (χ0n) is 12.0. The highest BCUT2D eigenvalue weighted by Gasteiger charge is 2.20. The van der Waals surface area contributed by atoms with Gasteiger partial charge >= 0.3 is 0 Å². The van der Waals surface area contributed by atoms with E-state index in [4.69, 9.17) is 9.84 Å². The van der Waals surface area contributed by atoms with Crippen molar-refractivity contribution in [3.05, 3.63) is 41.1 Å². The van der Waals surface area contributed by atoms with Crippen LogP contribution in [0.2, 0.25) is 0 Å². The number of ether oxygens (including phenoxy) is 1. The maximum atomic E-state index is 11.9. The zero-order valence-corrected chi connectivity index (χ0v) is 12.0. The molecule has 0 fully saturated rings. The van der Waals surface area contributed by atoms with Crippen molar-refractivity contribution in [1.82, 2.24) is 20.3 Å². The smallest absolute Gasteiger partial charge is 0.277 e. The number of benzene rings is 1. The fourth-order valence-corrected chi connectivity index (χ4v) is 1.87. The number of aliphatic hydroxyl groups is 1. The second-order valence-electron chi connectivity index (χ2n) is 4.57. The standard InChI is InChI=1S/C14H18N4O3/c1-10-3-5-11(6-4-10)9-18-14(21-2)12(16-17-18)13(20)15-7-8-19/h3-6,19H,7-9H2,1-2H3,(H,15,20). The monoisotopic (exact) mass is 290 g/mol. The highest BCUT2D eigenvalue weighted by molar-refractivity contribution is 5.94. The molecular formula is C14H18N4O3. The van der Waals surface area contributed by atoms with Gasteiger partial charge in [0.05, 0.1) is 20.3 Å². The first-order chi connectivity index (χ1) is 10.2. The quantitative estimate of drug-likeness (QED) is 0.802. The Labute approximate surface area is 122 Å². The molecule has 0 bridgehead atoms. The van der Waals surface area contributed by atoms with Crippen LogP contribution in [-0.2, 0) is 6.54 Å². The molecule has 0 saturated heterocycles. The van der Waals surface area contributed by atoms with Crippen LogP contribution in [0.15, 0.2) is 24.3 Å². The molecule has 2 aromatic rings. The number of nitrogens with zero attached hydrogens (tertiary/aromatic N) is 3. The molecule has 112 valence electrons. The maximum absolute atomic E-state index is 11.9. The Balaban J connectivity index is 2.19. The average Bonchev–Trinajstić information content (AvgIpc) is 2.90. The van der Waals surface area contributed by atoms with Crippen LogP contribution in [0.5, 0.6) is 5.88 Å².